The van der Waals surface area contributed by atoms with Crippen LogP contribution in [0.5, 0.6) is 0 Å². The van der Waals surface area contributed by atoms with Crippen LogP contribution in [0.3, 0.4) is 0 Å². The van der Waals surface area contributed by atoms with Crippen molar-refractivity contribution in [3.8, 4) is 0 Å². The lowest BCUT2D eigenvalue weighted by Gasteiger charge is -2.34. The molecule has 1 amide bonds. The van der Waals surface area contributed by atoms with Crippen LogP contribution in [0.4, 0.5) is 4.39 Å². The maximum atomic E-state index is 14.1. The van der Waals surface area contributed by atoms with Gasteiger partial charge in [-0.15, -0.1) is 0 Å². The first kappa shape index (κ1) is 17.0. The highest BCUT2D eigenvalue weighted by Crippen LogP contribution is 2.51. The van der Waals surface area contributed by atoms with E-state index in [9.17, 15) is 19.1 Å². The second-order valence-electron chi connectivity index (χ2n) is 6.88. The number of carboxylic acids is 1. The van der Waals surface area contributed by atoms with Crippen molar-refractivity contribution in [3.63, 3.8) is 0 Å². The summed E-state index contributed by atoms with van der Waals surface area (Å²) in [6.07, 6.45) is 0.777. The molecule has 1 heterocycles. The molecule has 26 heavy (non-hydrogen) atoms. The van der Waals surface area contributed by atoms with Crippen LogP contribution in [0.2, 0.25) is 5.02 Å². The van der Waals surface area contributed by atoms with Crippen LogP contribution >= 0.6 is 11.6 Å². The number of carboxylic acid groups (broad SMARTS) is 1. The van der Waals surface area contributed by atoms with Crippen LogP contribution in [0.1, 0.15) is 29.0 Å². The average Bonchev–Trinajstić information content (AvgIpc) is 3.40. The minimum absolute atomic E-state index is 0.240. The van der Waals surface area contributed by atoms with Crippen LogP contribution < -0.4 is 0 Å². The normalized spacial score (nSPS) is 24.1. The topological polar surface area (TPSA) is 57.6 Å². The molecule has 1 saturated carbocycles. The van der Waals surface area contributed by atoms with E-state index in [1.165, 1.54) is 17.0 Å². The number of carbonyl (C=O) groups is 2. The van der Waals surface area contributed by atoms with Gasteiger partial charge in [0.1, 0.15) is 11.9 Å². The quantitative estimate of drug-likeness (QED) is 0.894. The molecular weight excluding hydrogens is 357 g/mol. The summed E-state index contributed by atoms with van der Waals surface area (Å²) in [6, 6.07) is 11.1. The highest BCUT2D eigenvalue weighted by molar-refractivity contribution is 6.31. The lowest BCUT2D eigenvalue weighted by Crippen LogP contribution is -2.49. The zero-order valence-electron chi connectivity index (χ0n) is 13.9. The second-order valence-corrected chi connectivity index (χ2v) is 7.28. The van der Waals surface area contributed by atoms with Crippen molar-refractivity contribution in [1.82, 2.24) is 4.90 Å². The minimum Gasteiger partial charge on any atom is -0.480 e. The van der Waals surface area contributed by atoms with Gasteiger partial charge in [0, 0.05) is 35.4 Å². The Kier molecular flexibility index (Phi) is 4.19. The molecule has 3 unspecified atom stereocenters. The van der Waals surface area contributed by atoms with Gasteiger partial charge in [-0.2, -0.15) is 0 Å². The lowest BCUT2D eigenvalue weighted by molar-refractivity contribution is -0.152. The highest BCUT2D eigenvalue weighted by atomic mass is 35.5. The molecule has 6 heteroatoms. The van der Waals surface area contributed by atoms with Gasteiger partial charge in [-0.05, 0) is 29.7 Å². The third-order valence-electron chi connectivity index (χ3n) is 5.29. The maximum absolute atomic E-state index is 14.1. The van der Waals surface area contributed by atoms with Crippen molar-refractivity contribution in [2.24, 2.45) is 5.92 Å². The summed E-state index contributed by atoms with van der Waals surface area (Å²) in [5.74, 6) is -2.39. The molecule has 2 aliphatic rings. The van der Waals surface area contributed by atoms with E-state index in [1.807, 2.05) is 24.3 Å². The van der Waals surface area contributed by atoms with Crippen molar-refractivity contribution in [3.05, 3.63) is 70.0 Å². The Hall–Kier alpha value is -2.40. The van der Waals surface area contributed by atoms with Gasteiger partial charge in [-0.3, -0.25) is 4.79 Å². The molecule has 134 valence electrons. The number of halogens is 2. The predicted molar refractivity (Wildman–Crippen MR) is 94.4 cm³/mol. The molecule has 0 spiro atoms. The number of carbonyl (C=O) groups excluding carboxylic acids is 1. The van der Waals surface area contributed by atoms with Crippen LogP contribution in [0.15, 0.2) is 42.5 Å². The zero-order valence-corrected chi connectivity index (χ0v) is 14.6. The fourth-order valence-electron chi connectivity index (χ4n) is 3.84. The fourth-order valence-corrected chi connectivity index (χ4v) is 4.14. The lowest BCUT2D eigenvalue weighted by atomic mass is 9.93. The molecule has 0 aromatic heterocycles. The summed E-state index contributed by atoms with van der Waals surface area (Å²) in [7, 11) is 0. The van der Waals surface area contributed by atoms with Crippen LogP contribution in [0.25, 0.3) is 0 Å². The smallest absolute Gasteiger partial charge is 0.326 e. The Morgan fingerprint density at radius 2 is 1.85 bits per heavy atom. The SMILES string of the molecule is O=C(O)C1Cc2ccccc2CN1C(=O)C1CC1c1c(F)cccc1Cl. The molecule has 0 radical (unpaired) electrons. The summed E-state index contributed by atoms with van der Waals surface area (Å²) in [6.45, 7) is 0.264. The minimum atomic E-state index is -1.02. The second kappa shape index (κ2) is 6.40. The number of rotatable bonds is 3. The van der Waals surface area contributed by atoms with Gasteiger partial charge < -0.3 is 10.0 Å². The van der Waals surface area contributed by atoms with E-state index in [4.69, 9.17) is 11.6 Å². The van der Waals surface area contributed by atoms with Crippen molar-refractivity contribution >= 4 is 23.5 Å². The van der Waals surface area contributed by atoms with Crippen LogP contribution in [-0.2, 0) is 22.6 Å². The molecule has 2 aromatic rings. The van der Waals surface area contributed by atoms with E-state index in [0.717, 1.165) is 11.1 Å². The van der Waals surface area contributed by atoms with Crippen molar-refractivity contribution in [2.45, 2.75) is 31.3 Å². The number of benzene rings is 2. The summed E-state index contributed by atoms with van der Waals surface area (Å²) in [4.78, 5) is 26.1. The molecule has 1 N–H and O–H groups in total. The van der Waals surface area contributed by atoms with Crippen molar-refractivity contribution in [1.29, 1.82) is 0 Å². The van der Waals surface area contributed by atoms with Gasteiger partial charge in [0.15, 0.2) is 0 Å². The van der Waals surface area contributed by atoms with E-state index in [0.29, 0.717) is 17.0 Å². The molecule has 4 nitrogen and oxygen atoms in total. The molecule has 3 atom stereocenters. The first-order valence-electron chi connectivity index (χ1n) is 8.51. The molecular formula is C20H17ClFNO3. The Labute approximate surface area is 155 Å². The number of amides is 1. The van der Waals surface area contributed by atoms with Gasteiger partial charge >= 0.3 is 5.97 Å². The Balaban J connectivity index is 1.59. The largest absolute Gasteiger partial charge is 0.480 e. The molecule has 0 saturated heterocycles. The number of nitrogens with zero attached hydrogens (tertiary/aromatic N) is 1. The first-order valence-corrected chi connectivity index (χ1v) is 8.89. The predicted octanol–water partition coefficient (Wildman–Crippen LogP) is 3.62. The van der Waals surface area contributed by atoms with Gasteiger partial charge in [0.2, 0.25) is 5.91 Å². The highest BCUT2D eigenvalue weighted by Gasteiger charge is 2.50. The summed E-state index contributed by atoms with van der Waals surface area (Å²) in [5.41, 5.74) is 2.27. The third-order valence-corrected chi connectivity index (χ3v) is 5.62. The van der Waals surface area contributed by atoms with Gasteiger partial charge in [0.05, 0.1) is 0 Å². The van der Waals surface area contributed by atoms with Gasteiger partial charge in [-0.25, -0.2) is 9.18 Å². The zero-order chi connectivity index (χ0) is 18.4. The van der Waals surface area contributed by atoms with E-state index >= 15 is 0 Å². The fraction of sp³-hybridized carbons (Fsp3) is 0.300. The third kappa shape index (κ3) is 2.86. The monoisotopic (exact) mass is 373 g/mol. The van der Waals surface area contributed by atoms with E-state index in [2.05, 4.69) is 0 Å². The molecule has 0 bridgehead atoms. The number of hydrogen-bond donors (Lipinski definition) is 1. The Morgan fingerprint density at radius 3 is 2.54 bits per heavy atom. The van der Waals surface area contributed by atoms with Crippen LogP contribution in [0, 0.1) is 11.7 Å². The van der Waals surface area contributed by atoms with Crippen molar-refractivity contribution < 1.29 is 19.1 Å². The first-order chi connectivity index (χ1) is 12.5. The molecule has 4 rings (SSSR count). The summed E-state index contributed by atoms with van der Waals surface area (Å²) >= 11 is 6.11. The number of fused-ring (bicyclic) bond motifs is 1. The maximum Gasteiger partial charge on any atom is 0.326 e. The molecule has 2 aromatic carbocycles. The van der Waals surface area contributed by atoms with E-state index in [-0.39, 0.29) is 24.8 Å². The number of aliphatic carboxylic acids is 1. The van der Waals surface area contributed by atoms with E-state index < -0.39 is 23.7 Å². The molecule has 1 aliphatic carbocycles. The van der Waals surface area contributed by atoms with Crippen molar-refractivity contribution in [2.75, 3.05) is 0 Å². The summed E-state index contributed by atoms with van der Waals surface area (Å²) < 4.78 is 14.1. The van der Waals surface area contributed by atoms with Gasteiger partial charge in [0.25, 0.3) is 0 Å². The molecule has 1 fully saturated rings. The standard InChI is InChI=1S/C20H17ClFNO3/c21-15-6-3-7-16(22)18(15)13-9-14(13)19(24)23-10-12-5-2-1-4-11(12)8-17(23)20(25)26/h1-7,13-14,17H,8-10H2,(H,25,26). The van der Waals surface area contributed by atoms with Gasteiger partial charge in [-0.1, -0.05) is 41.9 Å². The van der Waals surface area contributed by atoms with Crippen LogP contribution in [-0.4, -0.2) is 27.9 Å². The average molecular weight is 374 g/mol. The molecule has 1 aliphatic heterocycles. The Bertz CT molecular complexity index is 880. The summed E-state index contributed by atoms with van der Waals surface area (Å²) in [5, 5.41) is 9.89. The van der Waals surface area contributed by atoms with E-state index in [1.54, 1.807) is 6.07 Å². The Morgan fingerprint density at radius 1 is 1.12 bits per heavy atom. The number of hydrogen-bond acceptors (Lipinski definition) is 2.